The van der Waals surface area contributed by atoms with Crippen LogP contribution in [0.4, 0.5) is 0 Å². The predicted octanol–water partition coefficient (Wildman–Crippen LogP) is 5.99. The third kappa shape index (κ3) is 4.60. The minimum absolute atomic E-state index is 0.770. The van der Waals surface area contributed by atoms with Crippen LogP contribution in [0.1, 0.15) is 56.1 Å². The van der Waals surface area contributed by atoms with Gasteiger partial charge in [0.25, 0.3) is 0 Å². The van der Waals surface area contributed by atoms with Gasteiger partial charge in [0, 0.05) is 0 Å². The van der Waals surface area contributed by atoms with E-state index in [9.17, 15) is 0 Å². The highest BCUT2D eigenvalue weighted by Crippen LogP contribution is 2.39. The largest absolute Gasteiger partial charge is 0.494 e. The van der Waals surface area contributed by atoms with Crippen LogP contribution >= 0.6 is 0 Å². The van der Waals surface area contributed by atoms with Crippen LogP contribution in [0.15, 0.2) is 54.6 Å². The zero-order chi connectivity index (χ0) is 15.9. The molecule has 1 saturated carbocycles. The summed E-state index contributed by atoms with van der Waals surface area (Å²) in [4.78, 5) is 0. The molecule has 0 aromatic heterocycles. The van der Waals surface area contributed by atoms with Crippen LogP contribution in [0.3, 0.4) is 0 Å². The van der Waals surface area contributed by atoms with Crippen LogP contribution in [-0.2, 0) is 6.42 Å². The fraction of sp³-hybridized carbons (Fsp3) is 0.455. The molecule has 0 aliphatic heterocycles. The quantitative estimate of drug-likeness (QED) is 0.571. The fourth-order valence-corrected chi connectivity index (χ4v) is 3.70. The standard InChI is InChI=1S/C22H28O/c1-2-18-10-11-21(17-18)20-12-14-22(15-13-20)23-16-6-9-19-7-4-3-5-8-19/h3-5,7-8,12-15,18,21H,2,6,9-11,16-17H2,1H3/t18-,21?/m0/s1. The van der Waals surface area contributed by atoms with Crippen LogP contribution in [-0.4, -0.2) is 6.61 Å². The first-order chi connectivity index (χ1) is 11.3. The van der Waals surface area contributed by atoms with E-state index in [1.54, 1.807) is 0 Å². The molecule has 122 valence electrons. The van der Waals surface area contributed by atoms with Gasteiger partial charge in [-0.1, -0.05) is 55.8 Å². The number of rotatable bonds is 7. The van der Waals surface area contributed by atoms with Crippen molar-refractivity contribution >= 4 is 0 Å². The Labute approximate surface area is 140 Å². The molecule has 0 saturated heterocycles. The molecule has 3 rings (SSSR count). The zero-order valence-electron chi connectivity index (χ0n) is 14.2. The van der Waals surface area contributed by atoms with E-state index < -0.39 is 0 Å². The van der Waals surface area contributed by atoms with Crippen molar-refractivity contribution in [3.63, 3.8) is 0 Å². The van der Waals surface area contributed by atoms with Gasteiger partial charge >= 0.3 is 0 Å². The minimum Gasteiger partial charge on any atom is -0.494 e. The van der Waals surface area contributed by atoms with Gasteiger partial charge in [-0.2, -0.15) is 0 Å². The second-order valence-electron chi connectivity index (χ2n) is 6.79. The van der Waals surface area contributed by atoms with Gasteiger partial charge < -0.3 is 4.74 Å². The molecule has 1 aliphatic rings. The number of aryl methyl sites for hydroxylation is 1. The third-order valence-electron chi connectivity index (χ3n) is 5.19. The Kier molecular flexibility index (Phi) is 5.74. The molecule has 1 nitrogen and oxygen atoms in total. The maximum Gasteiger partial charge on any atom is 0.119 e. The summed E-state index contributed by atoms with van der Waals surface area (Å²) in [6.45, 7) is 3.11. The Hall–Kier alpha value is -1.76. The van der Waals surface area contributed by atoms with E-state index in [-0.39, 0.29) is 0 Å². The van der Waals surface area contributed by atoms with Crippen molar-refractivity contribution in [2.24, 2.45) is 5.92 Å². The fourth-order valence-electron chi connectivity index (χ4n) is 3.70. The van der Waals surface area contributed by atoms with Crippen LogP contribution in [0.25, 0.3) is 0 Å². The van der Waals surface area contributed by atoms with Gasteiger partial charge in [0.1, 0.15) is 5.75 Å². The monoisotopic (exact) mass is 308 g/mol. The summed E-state index contributed by atoms with van der Waals surface area (Å²) < 4.78 is 5.89. The molecule has 2 atom stereocenters. The zero-order valence-corrected chi connectivity index (χ0v) is 14.2. The first kappa shape index (κ1) is 16.1. The van der Waals surface area contributed by atoms with Crippen molar-refractivity contribution in [2.45, 2.75) is 51.4 Å². The van der Waals surface area contributed by atoms with Crippen LogP contribution in [0, 0.1) is 5.92 Å². The Morgan fingerprint density at radius 1 is 0.957 bits per heavy atom. The smallest absolute Gasteiger partial charge is 0.119 e. The second kappa shape index (κ2) is 8.19. The SMILES string of the molecule is CC[C@H]1CCC(c2ccc(OCCCc3ccccc3)cc2)C1. The lowest BCUT2D eigenvalue weighted by Gasteiger charge is -2.12. The van der Waals surface area contributed by atoms with E-state index in [0.717, 1.165) is 37.0 Å². The molecule has 1 aliphatic carbocycles. The van der Waals surface area contributed by atoms with Crippen molar-refractivity contribution in [3.8, 4) is 5.75 Å². The Morgan fingerprint density at radius 3 is 2.43 bits per heavy atom. The molecule has 2 aromatic carbocycles. The molecule has 0 bridgehead atoms. The molecule has 23 heavy (non-hydrogen) atoms. The van der Waals surface area contributed by atoms with Gasteiger partial charge in [-0.15, -0.1) is 0 Å². The van der Waals surface area contributed by atoms with Crippen molar-refractivity contribution < 1.29 is 4.74 Å². The average Bonchev–Trinajstić information content (AvgIpc) is 3.09. The van der Waals surface area contributed by atoms with Crippen LogP contribution < -0.4 is 4.74 Å². The summed E-state index contributed by atoms with van der Waals surface area (Å²) in [5.74, 6) is 2.72. The van der Waals surface area contributed by atoms with E-state index in [1.165, 1.54) is 36.8 Å². The van der Waals surface area contributed by atoms with Crippen molar-refractivity contribution in [1.82, 2.24) is 0 Å². The van der Waals surface area contributed by atoms with Gasteiger partial charge in [-0.3, -0.25) is 0 Å². The van der Waals surface area contributed by atoms with Gasteiger partial charge in [-0.05, 0) is 67.2 Å². The van der Waals surface area contributed by atoms with Crippen LogP contribution in [0.2, 0.25) is 0 Å². The van der Waals surface area contributed by atoms with Crippen molar-refractivity contribution in [2.75, 3.05) is 6.61 Å². The summed E-state index contributed by atoms with van der Waals surface area (Å²) in [6.07, 6.45) is 7.60. The summed E-state index contributed by atoms with van der Waals surface area (Å²) in [7, 11) is 0. The molecular weight excluding hydrogens is 280 g/mol. The average molecular weight is 308 g/mol. The molecule has 0 spiro atoms. The lowest BCUT2D eigenvalue weighted by molar-refractivity contribution is 0.311. The first-order valence-electron chi connectivity index (χ1n) is 9.12. The van der Waals surface area contributed by atoms with Gasteiger partial charge in [-0.25, -0.2) is 0 Å². The van der Waals surface area contributed by atoms with Gasteiger partial charge in [0.05, 0.1) is 6.61 Å². The third-order valence-corrected chi connectivity index (χ3v) is 5.19. The molecule has 0 N–H and O–H groups in total. The Balaban J connectivity index is 1.43. The predicted molar refractivity (Wildman–Crippen MR) is 97.1 cm³/mol. The Morgan fingerprint density at radius 2 is 1.74 bits per heavy atom. The highest BCUT2D eigenvalue weighted by molar-refractivity contribution is 5.30. The van der Waals surface area contributed by atoms with Crippen molar-refractivity contribution in [1.29, 1.82) is 0 Å². The van der Waals surface area contributed by atoms with Gasteiger partial charge in [0.15, 0.2) is 0 Å². The molecule has 1 unspecified atom stereocenters. The highest BCUT2D eigenvalue weighted by atomic mass is 16.5. The number of hydrogen-bond acceptors (Lipinski definition) is 1. The minimum atomic E-state index is 0.770. The van der Waals surface area contributed by atoms with Gasteiger partial charge in [0.2, 0.25) is 0 Å². The molecule has 0 amide bonds. The summed E-state index contributed by atoms with van der Waals surface area (Å²) in [5, 5.41) is 0. The van der Waals surface area contributed by atoms with E-state index in [4.69, 9.17) is 4.74 Å². The maximum atomic E-state index is 5.89. The van der Waals surface area contributed by atoms with E-state index in [2.05, 4.69) is 61.5 Å². The summed E-state index contributed by atoms with van der Waals surface area (Å²) in [5.41, 5.74) is 2.88. The molecule has 0 radical (unpaired) electrons. The number of hydrogen-bond donors (Lipinski definition) is 0. The normalized spacial score (nSPS) is 20.6. The lowest BCUT2D eigenvalue weighted by atomic mass is 9.95. The first-order valence-corrected chi connectivity index (χ1v) is 9.12. The summed E-state index contributed by atoms with van der Waals surface area (Å²) in [6, 6.07) is 19.5. The molecule has 1 fully saturated rings. The van der Waals surface area contributed by atoms with Crippen LogP contribution in [0.5, 0.6) is 5.75 Å². The number of benzene rings is 2. The second-order valence-corrected chi connectivity index (χ2v) is 6.79. The molecule has 2 aromatic rings. The topological polar surface area (TPSA) is 9.23 Å². The van der Waals surface area contributed by atoms with Crippen molar-refractivity contribution in [3.05, 3.63) is 65.7 Å². The van der Waals surface area contributed by atoms with E-state index >= 15 is 0 Å². The summed E-state index contributed by atoms with van der Waals surface area (Å²) >= 11 is 0. The van der Waals surface area contributed by atoms with E-state index in [0.29, 0.717) is 0 Å². The Bertz CT molecular complexity index is 573. The maximum absolute atomic E-state index is 5.89. The number of ether oxygens (including phenoxy) is 1. The highest BCUT2D eigenvalue weighted by Gasteiger charge is 2.24. The lowest BCUT2D eigenvalue weighted by Crippen LogP contribution is -2.00. The molecule has 1 heteroatoms. The van der Waals surface area contributed by atoms with E-state index in [1.807, 2.05) is 0 Å². The molecular formula is C22H28O. The molecule has 0 heterocycles.